The highest BCUT2D eigenvalue weighted by molar-refractivity contribution is 6.29. The average molecular weight is 334 g/mol. The molecule has 0 amide bonds. The van der Waals surface area contributed by atoms with Crippen molar-refractivity contribution in [2.24, 2.45) is 18.9 Å². The van der Waals surface area contributed by atoms with E-state index in [4.69, 9.17) is 0 Å². The van der Waals surface area contributed by atoms with Gasteiger partial charge in [0.2, 0.25) is 0 Å². The van der Waals surface area contributed by atoms with Crippen LogP contribution >= 0.6 is 0 Å². The summed E-state index contributed by atoms with van der Waals surface area (Å²) in [7, 11) is 2.19. The van der Waals surface area contributed by atoms with Crippen molar-refractivity contribution in [3.05, 3.63) is 66.9 Å². The van der Waals surface area contributed by atoms with Gasteiger partial charge in [-0.3, -0.25) is 0 Å². The molecule has 2 nitrogen and oxygen atoms in total. The number of aryl methyl sites for hydroxylation is 1. The third kappa shape index (κ3) is 1.42. The van der Waals surface area contributed by atoms with Crippen LogP contribution in [0.5, 0.6) is 0 Å². The van der Waals surface area contributed by atoms with Gasteiger partial charge in [0.25, 0.3) is 0 Å². The Morgan fingerprint density at radius 1 is 0.962 bits per heavy atom. The van der Waals surface area contributed by atoms with Crippen LogP contribution in [-0.2, 0) is 7.05 Å². The SMILES string of the molecule is Cn1c2cccc3ccc4c(c32)c1cc1ccn(C2=CC=CC3CC23)c14. The van der Waals surface area contributed by atoms with E-state index in [9.17, 15) is 0 Å². The van der Waals surface area contributed by atoms with E-state index in [-0.39, 0.29) is 0 Å². The summed E-state index contributed by atoms with van der Waals surface area (Å²) in [5.74, 6) is 1.46. The van der Waals surface area contributed by atoms with Gasteiger partial charge in [0.15, 0.2) is 0 Å². The van der Waals surface area contributed by atoms with Crippen LogP contribution in [0.25, 0.3) is 49.2 Å². The maximum Gasteiger partial charge on any atom is 0.0605 e. The van der Waals surface area contributed by atoms with E-state index >= 15 is 0 Å². The van der Waals surface area contributed by atoms with Gasteiger partial charge in [-0.15, -0.1) is 0 Å². The molecule has 2 atom stereocenters. The van der Waals surface area contributed by atoms with E-state index in [1.165, 1.54) is 55.6 Å². The molecule has 0 aliphatic heterocycles. The first-order chi connectivity index (χ1) is 12.8. The van der Waals surface area contributed by atoms with Crippen molar-refractivity contribution in [2.45, 2.75) is 6.42 Å². The maximum absolute atomic E-state index is 2.45. The fourth-order valence-corrected chi connectivity index (χ4v) is 5.23. The fourth-order valence-electron chi connectivity index (χ4n) is 5.23. The van der Waals surface area contributed by atoms with Gasteiger partial charge in [0.1, 0.15) is 0 Å². The second kappa shape index (κ2) is 4.21. The van der Waals surface area contributed by atoms with Crippen molar-refractivity contribution in [1.29, 1.82) is 0 Å². The normalized spacial score (nSPS) is 22.0. The molecule has 0 spiro atoms. The molecular weight excluding hydrogens is 316 g/mol. The van der Waals surface area contributed by atoms with Gasteiger partial charge in [-0.05, 0) is 42.0 Å². The smallest absolute Gasteiger partial charge is 0.0605 e. The molecule has 26 heavy (non-hydrogen) atoms. The van der Waals surface area contributed by atoms with E-state index in [1.54, 1.807) is 0 Å². The molecule has 0 radical (unpaired) electrons. The lowest BCUT2D eigenvalue weighted by molar-refractivity contribution is 0.924. The Bertz CT molecular complexity index is 1420. The number of aromatic nitrogens is 2. The third-order valence-corrected chi connectivity index (χ3v) is 6.59. The summed E-state index contributed by atoms with van der Waals surface area (Å²) >= 11 is 0. The highest BCUT2D eigenvalue weighted by Crippen LogP contribution is 2.50. The molecule has 0 saturated heterocycles. The van der Waals surface area contributed by atoms with Crippen molar-refractivity contribution >= 4 is 49.2 Å². The fraction of sp³-hybridized carbons (Fsp3) is 0.167. The van der Waals surface area contributed by atoms with Gasteiger partial charge in [-0.2, -0.15) is 0 Å². The summed E-state index contributed by atoms with van der Waals surface area (Å²) < 4.78 is 4.80. The zero-order valence-electron chi connectivity index (χ0n) is 14.6. The van der Waals surface area contributed by atoms with E-state index < -0.39 is 0 Å². The minimum Gasteiger partial charge on any atom is -0.344 e. The number of allylic oxidation sites excluding steroid dienone is 4. The predicted octanol–water partition coefficient (Wildman–Crippen LogP) is 5.92. The molecule has 2 aliphatic carbocycles. The van der Waals surface area contributed by atoms with Gasteiger partial charge in [0, 0.05) is 51.9 Å². The number of fused-ring (bicyclic) bond motifs is 3. The Kier molecular flexibility index (Phi) is 2.14. The van der Waals surface area contributed by atoms with Crippen LogP contribution < -0.4 is 0 Å². The Morgan fingerprint density at radius 2 is 1.92 bits per heavy atom. The van der Waals surface area contributed by atoms with Gasteiger partial charge in [-0.1, -0.05) is 36.4 Å². The molecule has 2 heterocycles. The second-order valence-electron chi connectivity index (χ2n) is 7.92. The number of benzene rings is 3. The molecular formula is C24H18N2. The molecule has 124 valence electrons. The summed E-state index contributed by atoms with van der Waals surface area (Å²) in [5, 5.41) is 6.85. The Labute approximate surface area is 151 Å². The zero-order chi connectivity index (χ0) is 17.0. The van der Waals surface area contributed by atoms with Gasteiger partial charge >= 0.3 is 0 Å². The van der Waals surface area contributed by atoms with Crippen molar-refractivity contribution < 1.29 is 0 Å². The standard InChI is InChI=1S/C24H18N2/c1-25-20-7-2-4-14-8-9-17-23(22(14)20)21(25)13-16-10-11-26(24(16)17)19-6-3-5-15-12-18(15)19/h2-11,13,15,18H,12H2,1H3. The van der Waals surface area contributed by atoms with Gasteiger partial charge < -0.3 is 9.13 Å². The Balaban J connectivity index is 1.70. The van der Waals surface area contributed by atoms with Crippen molar-refractivity contribution in [1.82, 2.24) is 9.13 Å². The molecule has 1 fully saturated rings. The minimum atomic E-state index is 0.703. The molecule has 0 bridgehead atoms. The first-order valence-electron chi connectivity index (χ1n) is 9.43. The summed E-state index contributed by atoms with van der Waals surface area (Å²) in [6.45, 7) is 0. The van der Waals surface area contributed by atoms with E-state index in [0.29, 0.717) is 5.92 Å². The van der Waals surface area contributed by atoms with Crippen molar-refractivity contribution in [3.8, 4) is 0 Å². The maximum atomic E-state index is 2.45. The number of rotatable bonds is 1. The molecule has 0 N–H and O–H groups in total. The lowest BCUT2D eigenvalue weighted by Crippen LogP contribution is -2.01. The monoisotopic (exact) mass is 334 g/mol. The van der Waals surface area contributed by atoms with Crippen LogP contribution in [0.2, 0.25) is 0 Å². The topological polar surface area (TPSA) is 9.86 Å². The zero-order valence-corrected chi connectivity index (χ0v) is 14.6. The van der Waals surface area contributed by atoms with E-state index in [0.717, 1.165) is 5.92 Å². The summed E-state index contributed by atoms with van der Waals surface area (Å²) in [4.78, 5) is 0. The summed E-state index contributed by atoms with van der Waals surface area (Å²) in [6, 6.07) is 15.9. The molecule has 5 aromatic rings. The van der Waals surface area contributed by atoms with Crippen LogP contribution in [-0.4, -0.2) is 9.13 Å². The Hall–Kier alpha value is -3.00. The number of hydrogen-bond donors (Lipinski definition) is 0. The highest BCUT2D eigenvalue weighted by atomic mass is 15.0. The number of nitrogens with zero attached hydrogens (tertiary/aromatic N) is 2. The van der Waals surface area contributed by atoms with Crippen LogP contribution in [0.4, 0.5) is 0 Å². The van der Waals surface area contributed by atoms with E-state index in [2.05, 4.69) is 83.1 Å². The van der Waals surface area contributed by atoms with Crippen molar-refractivity contribution in [3.63, 3.8) is 0 Å². The third-order valence-electron chi connectivity index (χ3n) is 6.59. The van der Waals surface area contributed by atoms with Crippen LogP contribution in [0.15, 0.2) is 66.9 Å². The van der Waals surface area contributed by atoms with Crippen LogP contribution in [0.3, 0.4) is 0 Å². The van der Waals surface area contributed by atoms with Gasteiger partial charge in [-0.25, -0.2) is 0 Å². The van der Waals surface area contributed by atoms with Crippen LogP contribution in [0, 0.1) is 11.8 Å². The summed E-state index contributed by atoms with van der Waals surface area (Å²) in [6.07, 6.45) is 10.5. The predicted molar refractivity (Wildman–Crippen MR) is 110 cm³/mol. The first kappa shape index (κ1) is 13.2. The first-order valence-corrected chi connectivity index (χ1v) is 9.43. The summed E-state index contributed by atoms with van der Waals surface area (Å²) in [5.41, 5.74) is 5.48. The average Bonchev–Trinajstić information content (AvgIpc) is 3.27. The highest BCUT2D eigenvalue weighted by Gasteiger charge is 2.40. The lowest BCUT2D eigenvalue weighted by Gasteiger charge is -2.14. The molecule has 1 saturated carbocycles. The quantitative estimate of drug-likeness (QED) is 0.337. The van der Waals surface area contributed by atoms with Crippen molar-refractivity contribution in [2.75, 3.05) is 0 Å². The second-order valence-corrected chi connectivity index (χ2v) is 7.92. The minimum absolute atomic E-state index is 0.703. The molecule has 2 unspecified atom stereocenters. The molecule has 3 aromatic carbocycles. The van der Waals surface area contributed by atoms with Gasteiger partial charge in [0.05, 0.1) is 11.0 Å². The van der Waals surface area contributed by atoms with Crippen LogP contribution in [0.1, 0.15) is 6.42 Å². The lowest BCUT2D eigenvalue weighted by atomic mass is 10.00. The largest absolute Gasteiger partial charge is 0.344 e. The molecule has 2 heteroatoms. The Morgan fingerprint density at radius 3 is 2.88 bits per heavy atom. The molecule has 2 aromatic heterocycles. The molecule has 7 rings (SSSR count). The van der Waals surface area contributed by atoms with E-state index in [1.807, 2.05) is 0 Å². The number of hydrogen-bond acceptors (Lipinski definition) is 0. The molecule has 2 aliphatic rings.